The van der Waals surface area contributed by atoms with Crippen LogP contribution in [-0.4, -0.2) is 47.6 Å². The molecule has 0 bridgehead atoms. The summed E-state index contributed by atoms with van der Waals surface area (Å²) in [5, 5.41) is 15.1. The van der Waals surface area contributed by atoms with Gasteiger partial charge in [0.25, 0.3) is 5.91 Å². The van der Waals surface area contributed by atoms with Crippen molar-refractivity contribution in [2.24, 2.45) is 12.2 Å². The fourth-order valence-electron chi connectivity index (χ4n) is 2.53. The molecule has 1 atom stereocenters. The van der Waals surface area contributed by atoms with Crippen LogP contribution in [0.4, 0.5) is 0 Å². The average Bonchev–Trinajstić information content (AvgIpc) is 2.65. The molecule has 7 nitrogen and oxygen atoms in total. The van der Waals surface area contributed by atoms with Crippen molar-refractivity contribution in [1.82, 2.24) is 9.47 Å². The number of nitrogens with two attached hydrogens (primary N) is 1. The number of aryl methyl sites for hydroxylation is 1. The lowest BCUT2D eigenvalue weighted by molar-refractivity contribution is 0.0437. The highest BCUT2D eigenvalue weighted by Gasteiger charge is 2.29. The van der Waals surface area contributed by atoms with Gasteiger partial charge >= 0.3 is 0 Å². The molecule has 1 aliphatic heterocycles. The number of carbonyl (C=O) groups is 1. The first-order chi connectivity index (χ1) is 9.60. The highest BCUT2D eigenvalue weighted by atomic mass is 32.2. The number of nitrogens with zero attached hydrogens (tertiary/aromatic N) is 2. The minimum atomic E-state index is -3.83. The van der Waals surface area contributed by atoms with E-state index >= 15 is 0 Å². The molecule has 1 saturated heterocycles. The van der Waals surface area contributed by atoms with Crippen molar-refractivity contribution in [2.45, 2.75) is 36.7 Å². The summed E-state index contributed by atoms with van der Waals surface area (Å²) in [6.07, 6.45) is 3.19. The molecule has 1 aliphatic rings. The summed E-state index contributed by atoms with van der Waals surface area (Å²) in [5.74, 6) is -0.245. The Morgan fingerprint density at radius 3 is 2.62 bits per heavy atom. The zero-order valence-corrected chi connectivity index (χ0v) is 13.1. The highest BCUT2D eigenvalue weighted by molar-refractivity contribution is 7.89. The molecule has 1 unspecified atom stereocenters. The molecular weight excluding hydrogens is 294 g/mol. The van der Waals surface area contributed by atoms with Crippen LogP contribution in [0.1, 0.15) is 36.7 Å². The maximum atomic E-state index is 12.5. The quantitative estimate of drug-likeness (QED) is 0.804. The van der Waals surface area contributed by atoms with Crippen molar-refractivity contribution in [3.8, 4) is 0 Å². The number of amides is 1. The summed E-state index contributed by atoms with van der Waals surface area (Å²) < 4.78 is 24.2. The third-order valence-electron chi connectivity index (χ3n) is 3.88. The molecular formula is C13H21N3O4S. The van der Waals surface area contributed by atoms with E-state index in [4.69, 9.17) is 5.14 Å². The second-order valence-electron chi connectivity index (χ2n) is 5.86. The van der Waals surface area contributed by atoms with Crippen LogP contribution in [0.15, 0.2) is 17.2 Å². The monoisotopic (exact) mass is 315 g/mol. The summed E-state index contributed by atoms with van der Waals surface area (Å²) in [7, 11) is -2.22. The largest absolute Gasteiger partial charge is 0.390 e. The molecule has 3 N–H and O–H groups in total. The van der Waals surface area contributed by atoms with Crippen LogP contribution < -0.4 is 5.14 Å². The van der Waals surface area contributed by atoms with Gasteiger partial charge in [-0.1, -0.05) is 0 Å². The lowest BCUT2D eigenvalue weighted by atomic mass is 9.98. The number of primary sulfonamides is 1. The Kier molecular flexibility index (Phi) is 4.14. The second-order valence-corrected chi connectivity index (χ2v) is 7.42. The fourth-order valence-corrected chi connectivity index (χ4v) is 3.11. The van der Waals surface area contributed by atoms with Crippen LogP contribution in [0, 0.1) is 0 Å². The van der Waals surface area contributed by atoms with E-state index in [9.17, 15) is 18.3 Å². The fraction of sp³-hybridized carbons (Fsp3) is 0.615. The number of likely N-dealkylation sites (tertiary alicyclic amines) is 1. The number of aromatic nitrogens is 1. The molecule has 0 spiro atoms. The van der Waals surface area contributed by atoms with Crippen LogP contribution in [0.2, 0.25) is 0 Å². The topological polar surface area (TPSA) is 106 Å². The van der Waals surface area contributed by atoms with Gasteiger partial charge in [0.05, 0.1) is 5.60 Å². The normalized spacial score (nSPS) is 23.9. The molecule has 0 radical (unpaired) electrons. The standard InChI is InChI=1S/C13H21N3O4S/c1-13(18)4-3-6-16(7-5-13)12(17)11-8-10(9-15(11)2)21(14,19)20/h8-9,18H,3-7H2,1-2H3,(H2,14,19,20). The Bertz CT molecular complexity index is 648. The van der Waals surface area contributed by atoms with E-state index in [1.165, 1.54) is 16.8 Å². The van der Waals surface area contributed by atoms with Gasteiger partial charge in [-0.3, -0.25) is 4.79 Å². The number of hydrogen-bond donors (Lipinski definition) is 2. The van der Waals surface area contributed by atoms with Crippen LogP contribution >= 0.6 is 0 Å². The van der Waals surface area contributed by atoms with Gasteiger partial charge in [0, 0.05) is 26.3 Å². The van der Waals surface area contributed by atoms with Crippen molar-refractivity contribution in [3.05, 3.63) is 18.0 Å². The maximum Gasteiger partial charge on any atom is 0.270 e. The lowest BCUT2D eigenvalue weighted by Crippen LogP contribution is -2.34. The van der Waals surface area contributed by atoms with Crippen LogP contribution in [0.5, 0.6) is 0 Å². The van der Waals surface area contributed by atoms with Gasteiger partial charge in [0.1, 0.15) is 10.6 Å². The first kappa shape index (κ1) is 16.0. The molecule has 1 aromatic rings. The van der Waals surface area contributed by atoms with Gasteiger partial charge in [-0.05, 0) is 32.3 Å². The van der Waals surface area contributed by atoms with Crippen molar-refractivity contribution in [2.75, 3.05) is 13.1 Å². The molecule has 0 aliphatic carbocycles. The van der Waals surface area contributed by atoms with E-state index < -0.39 is 15.6 Å². The van der Waals surface area contributed by atoms with Crippen molar-refractivity contribution in [3.63, 3.8) is 0 Å². The van der Waals surface area contributed by atoms with E-state index in [1.54, 1.807) is 18.9 Å². The van der Waals surface area contributed by atoms with Gasteiger partial charge in [-0.2, -0.15) is 0 Å². The molecule has 8 heteroatoms. The zero-order chi connectivity index (χ0) is 15.8. The predicted molar refractivity (Wildman–Crippen MR) is 77.2 cm³/mol. The molecule has 118 valence electrons. The van der Waals surface area contributed by atoms with Crippen molar-refractivity contribution < 1.29 is 18.3 Å². The number of aliphatic hydroxyl groups is 1. The first-order valence-electron chi connectivity index (χ1n) is 6.81. The molecule has 1 amide bonds. The smallest absolute Gasteiger partial charge is 0.270 e. The van der Waals surface area contributed by atoms with Gasteiger partial charge in [0.15, 0.2) is 0 Å². The van der Waals surface area contributed by atoms with Gasteiger partial charge in [-0.15, -0.1) is 0 Å². The van der Waals surface area contributed by atoms with Crippen LogP contribution in [-0.2, 0) is 17.1 Å². The summed E-state index contributed by atoms with van der Waals surface area (Å²) >= 11 is 0. The van der Waals surface area contributed by atoms with Crippen LogP contribution in [0.3, 0.4) is 0 Å². The summed E-state index contributed by atoms with van der Waals surface area (Å²) in [5.41, 5.74) is -0.477. The molecule has 2 heterocycles. The predicted octanol–water partition coefficient (Wildman–Crippen LogP) is 0.0496. The van der Waals surface area contributed by atoms with Crippen molar-refractivity contribution >= 4 is 15.9 Å². The number of sulfonamides is 1. The Labute approximate surface area is 124 Å². The molecule has 1 fully saturated rings. The van der Waals surface area contributed by atoms with Crippen LogP contribution in [0.25, 0.3) is 0 Å². The molecule has 1 aromatic heterocycles. The summed E-state index contributed by atoms with van der Waals surface area (Å²) in [6.45, 7) is 2.76. The first-order valence-corrected chi connectivity index (χ1v) is 8.36. The summed E-state index contributed by atoms with van der Waals surface area (Å²) in [4.78, 5) is 14.1. The Hall–Kier alpha value is -1.38. The van der Waals surface area contributed by atoms with Crippen molar-refractivity contribution in [1.29, 1.82) is 0 Å². The maximum absolute atomic E-state index is 12.5. The average molecular weight is 315 g/mol. The van der Waals surface area contributed by atoms with Gasteiger partial charge < -0.3 is 14.6 Å². The van der Waals surface area contributed by atoms with E-state index in [-0.39, 0.29) is 16.5 Å². The Morgan fingerprint density at radius 2 is 2.05 bits per heavy atom. The molecule has 21 heavy (non-hydrogen) atoms. The second kappa shape index (κ2) is 5.43. The number of hydrogen-bond acceptors (Lipinski definition) is 4. The minimum absolute atomic E-state index is 0.0739. The lowest BCUT2D eigenvalue weighted by Gasteiger charge is -2.22. The Balaban J connectivity index is 2.22. The third-order valence-corrected chi connectivity index (χ3v) is 4.76. The summed E-state index contributed by atoms with van der Waals surface area (Å²) in [6, 6.07) is 1.29. The van der Waals surface area contributed by atoms with E-state index in [0.29, 0.717) is 32.4 Å². The van der Waals surface area contributed by atoms with Gasteiger partial charge in [0.2, 0.25) is 10.0 Å². The molecule has 0 aromatic carbocycles. The highest BCUT2D eigenvalue weighted by Crippen LogP contribution is 2.23. The molecule has 2 rings (SSSR count). The zero-order valence-electron chi connectivity index (χ0n) is 12.2. The Morgan fingerprint density at radius 1 is 1.38 bits per heavy atom. The SMILES string of the molecule is Cn1cc(S(N)(=O)=O)cc1C(=O)N1CCCC(C)(O)CC1. The third kappa shape index (κ3) is 3.63. The van der Waals surface area contributed by atoms with E-state index in [1.807, 2.05) is 0 Å². The van der Waals surface area contributed by atoms with E-state index in [0.717, 1.165) is 0 Å². The van der Waals surface area contributed by atoms with Gasteiger partial charge in [-0.25, -0.2) is 13.6 Å². The van der Waals surface area contributed by atoms with E-state index in [2.05, 4.69) is 0 Å². The minimum Gasteiger partial charge on any atom is -0.390 e. The number of rotatable bonds is 2. The number of carbonyl (C=O) groups excluding carboxylic acids is 1. The molecule has 0 saturated carbocycles.